The van der Waals surface area contributed by atoms with Crippen LogP contribution < -0.4 is 0 Å². The van der Waals surface area contributed by atoms with Crippen molar-refractivity contribution in [1.82, 2.24) is 9.88 Å². The second-order valence-electron chi connectivity index (χ2n) is 4.99. The fraction of sp³-hybridized carbons (Fsp3) is 0.533. The average molecular weight is 276 g/mol. The van der Waals surface area contributed by atoms with Gasteiger partial charge < -0.3 is 9.64 Å². The molecule has 0 radical (unpaired) electrons. The van der Waals surface area contributed by atoms with Gasteiger partial charge in [-0.05, 0) is 38.3 Å². The third-order valence-corrected chi connectivity index (χ3v) is 3.61. The second-order valence-corrected chi connectivity index (χ2v) is 4.99. The first kappa shape index (κ1) is 14.5. The average Bonchev–Trinajstić information content (AvgIpc) is 2.47. The molecule has 1 aromatic heterocycles. The Bertz CT molecular complexity index is 494. The Morgan fingerprint density at radius 1 is 1.40 bits per heavy atom. The number of nitrogens with zero attached hydrogens (tertiary/aromatic N) is 2. The number of likely N-dealkylation sites (tertiary alicyclic amines) is 1. The van der Waals surface area contributed by atoms with E-state index in [1.54, 1.807) is 18.0 Å². The number of piperidine rings is 1. The number of carbonyl (C=O) groups excluding carboxylic acids is 2. The van der Waals surface area contributed by atoms with Crippen molar-refractivity contribution >= 4 is 11.9 Å². The van der Waals surface area contributed by atoms with E-state index in [0.717, 1.165) is 5.56 Å². The highest BCUT2D eigenvalue weighted by atomic mass is 16.5. The highest BCUT2D eigenvalue weighted by molar-refractivity contribution is 5.93. The molecule has 0 bridgehead atoms. The number of amides is 1. The SMILES string of the molecule is CCOC(=O)C1CCN(C(=O)c2ncccc2C)CC1. The van der Waals surface area contributed by atoms with Crippen LogP contribution in [0.1, 0.15) is 35.8 Å². The van der Waals surface area contributed by atoms with Gasteiger partial charge in [0.05, 0.1) is 12.5 Å². The molecule has 0 spiro atoms. The van der Waals surface area contributed by atoms with Crippen LogP contribution in [0.4, 0.5) is 0 Å². The number of ether oxygens (including phenoxy) is 1. The quantitative estimate of drug-likeness (QED) is 0.790. The molecule has 1 aliphatic heterocycles. The summed E-state index contributed by atoms with van der Waals surface area (Å²) < 4.78 is 5.03. The zero-order valence-corrected chi connectivity index (χ0v) is 12.0. The normalized spacial score (nSPS) is 16.0. The molecule has 0 unspecified atom stereocenters. The van der Waals surface area contributed by atoms with Crippen molar-refractivity contribution in [1.29, 1.82) is 0 Å². The van der Waals surface area contributed by atoms with Gasteiger partial charge in [0.15, 0.2) is 0 Å². The Labute approximate surface area is 118 Å². The number of rotatable bonds is 3. The minimum absolute atomic E-state index is 0.0505. The van der Waals surface area contributed by atoms with Crippen LogP contribution in [0.5, 0.6) is 0 Å². The summed E-state index contributed by atoms with van der Waals surface area (Å²) in [6, 6.07) is 3.70. The second kappa shape index (κ2) is 6.50. The topological polar surface area (TPSA) is 59.5 Å². The molecule has 1 saturated heterocycles. The lowest BCUT2D eigenvalue weighted by Gasteiger charge is -2.30. The maximum atomic E-state index is 12.4. The first-order valence-corrected chi connectivity index (χ1v) is 7.01. The van der Waals surface area contributed by atoms with Gasteiger partial charge >= 0.3 is 5.97 Å². The number of hydrogen-bond donors (Lipinski definition) is 0. The van der Waals surface area contributed by atoms with E-state index in [-0.39, 0.29) is 17.8 Å². The predicted octanol–water partition coefficient (Wildman–Crippen LogP) is 1.81. The largest absolute Gasteiger partial charge is 0.466 e. The molecule has 0 aliphatic carbocycles. The van der Waals surface area contributed by atoms with Crippen molar-refractivity contribution in [3.63, 3.8) is 0 Å². The predicted molar refractivity (Wildman–Crippen MR) is 74.2 cm³/mol. The molecule has 0 atom stereocenters. The number of hydrogen-bond acceptors (Lipinski definition) is 4. The lowest BCUT2D eigenvalue weighted by atomic mass is 9.96. The summed E-state index contributed by atoms with van der Waals surface area (Å²) in [4.78, 5) is 30.0. The van der Waals surface area contributed by atoms with Crippen LogP contribution in [0.15, 0.2) is 18.3 Å². The molecular formula is C15H20N2O3. The van der Waals surface area contributed by atoms with E-state index in [2.05, 4.69) is 4.98 Å². The van der Waals surface area contributed by atoms with E-state index in [9.17, 15) is 9.59 Å². The van der Waals surface area contributed by atoms with Crippen molar-refractivity contribution in [2.45, 2.75) is 26.7 Å². The Morgan fingerprint density at radius 2 is 2.10 bits per heavy atom. The Balaban J connectivity index is 1.96. The minimum atomic E-state index is -0.145. The molecule has 2 heterocycles. The molecule has 5 nitrogen and oxygen atoms in total. The van der Waals surface area contributed by atoms with Crippen molar-refractivity contribution < 1.29 is 14.3 Å². The van der Waals surface area contributed by atoms with Gasteiger partial charge in [0.25, 0.3) is 5.91 Å². The van der Waals surface area contributed by atoms with Crippen LogP contribution in [-0.4, -0.2) is 41.5 Å². The zero-order chi connectivity index (χ0) is 14.5. The minimum Gasteiger partial charge on any atom is -0.466 e. The van der Waals surface area contributed by atoms with Gasteiger partial charge in [-0.15, -0.1) is 0 Å². The summed E-state index contributed by atoms with van der Waals surface area (Å²) in [5.41, 5.74) is 1.38. The Morgan fingerprint density at radius 3 is 2.70 bits per heavy atom. The smallest absolute Gasteiger partial charge is 0.309 e. The Hall–Kier alpha value is -1.91. The molecule has 1 aliphatic rings. The van der Waals surface area contributed by atoms with Gasteiger partial charge in [-0.2, -0.15) is 0 Å². The zero-order valence-electron chi connectivity index (χ0n) is 12.0. The van der Waals surface area contributed by atoms with Crippen LogP contribution in [0.2, 0.25) is 0 Å². The summed E-state index contributed by atoms with van der Waals surface area (Å²) >= 11 is 0. The van der Waals surface area contributed by atoms with E-state index >= 15 is 0 Å². The Kier molecular flexibility index (Phi) is 4.71. The molecule has 1 amide bonds. The van der Waals surface area contributed by atoms with Gasteiger partial charge in [-0.1, -0.05) is 6.07 Å². The molecule has 5 heteroatoms. The van der Waals surface area contributed by atoms with E-state index in [0.29, 0.717) is 38.2 Å². The summed E-state index contributed by atoms with van der Waals surface area (Å²) in [6.45, 7) is 5.26. The lowest BCUT2D eigenvalue weighted by Crippen LogP contribution is -2.41. The molecule has 2 rings (SSSR count). The maximum Gasteiger partial charge on any atom is 0.309 e. The van der Waals surface area contributed by atoms with Gasteiger partial charge in [0, 0.05) is 19.3 Å². The molecular weight excluding hydrogens is 256 g/mol. The fourth-order valence-corrected chi connectivity index (χ4v) is 2.44. The molecule has 1 fully saturated rings. The highest BCUT2D eigenvalue weighted by Gasteiger charge is 2.29. The molecule has 1 aromatic rings. The third kappa shape index (κ3) is 3.15. The van der Waals surface area contributed by atoms with Crippen molar-refractivity contribution in [2.24, 2.45) is 5.92 Å². The van der Waals surface area contributed by atoms with Crippen LogP contribution in [0.25, 0.3) is 0 Å². The van der Waals surface area contributed by atoms with Crippen LogP contribution in [-0.2, 0) is 9.53 Å². The monoisotopic (exact) mass is 276 g/mol. The van der Waals surface area contributed by atoms with Crippen LogP contribution in [0.3, 0.4) is 0 Å². The van der Waals surface area contributed by atoms with Crippen molar-refractivity contribution in [3.05, 3.63) is 29.6 Å². The van der Waals surface area contributed by atoms with E-state index in [1.807, 2.05) is 19.1 Å². The summed E-state index contributed by atoms with van der Waals surface area (Å²) in [6.07, 6.45) is 2.96. The van der Waals surface area contributed by atoms with E-state index in [1.165, 1.54) is 0 Å². The highest BCUT2D eigenvalue weighted by Crippen LogP contribution is 2.20. The lowest BCUT2D eigenvalue weighted by molar-refractivity contribution is -0.149. The van der Waals surface area contributed by atoms with Gasteiger partial charge in [0.2, 0.25) is 0 Å². The molecule has 0 N–H and O–H groups in total. The standard InChI is InChI=1S/C15H20N2O3/c1-3-20-15(19)12-6-9-17(10-7-12)14(18)13-11(2)5-4-8-16-13/h4-5,8,12H,3,6-7,9-10H2,1-2H3. The number of esters is 1. The third-order valence-electron chi connectivity index (χ3n) is 3.61. The van der Waals surface area contributed by atoms with Gasteiger partial charge in [-0.3, -0.25) is 14.6 Å². The summed E-state index contributed by atoms with van der Waals surface area (Å²) in [7, 11) is 0. The fourth-order valence-electron chi connectivity index (χ4n) is 2.44. The van der Waals surface area contributed by atoms with Crippen LogP contribution >= 0.6 is 0 Å². The van der Waals surface area contributed by atoms with E-state index < -0.39 is 0 Å². The molecule has 0 aromatic carbocycles. The number of aromatic nitrogens is 1. The number of pyridine rings is 1. The van der Waals surface area contributed by atoms with Crippen LogP contribution in [0, 0.1) is 12.8 Å². The first-order valence-electron chi connectivity index (χ1n) is 7.01. The van der Waals surface area contributed by atoms with E-state index in [4.69, 9.17) is 4.74 Å². The molecule has 0 saturated carbocycles. The summed E-state index contributed by atoms with van der Waals surface area (Å²) in [5, 5.41) is 0. The summed E-state index contributed by atoms with van der Waals surface area (Å²) in [5.74, 6) is -0.275. The van der Waals surface area contributed by atoms with Crippen molar-refractivity contribution in [3.8, 4) is 0 Å². The van der Waals surface area contributed by atoms with Gasteiger partial charge in [-0.25, -0.2) is 0 Å². The maximum absolute atomic E-state index is 12.4. The number of aryl methyl sites for hydroxylation is 1. The number of carbonyl (C=O) groups is 2. The van der Waals surface area contributed by atoms with Crippen molar-refractivity contribution in [2.75, 3.05) is 19.7 Å². The first-order chi connectivity index (χ1) is 9.63. The molecule has 108 valence electrons. The molecule has 20 heavy (non-hydrogen) atoms. The van der Waals surface area contributed by atoms with Gasteiger partial charge in [0.1, 0.15) is 5.69 Å².